The second kappa shape index (κ2) is 7.79. The highest BCUT2D eigenvalue weighted by Crippen LogP contribution is 2.23. The monoisotopic (exact) mass is 369 g/mol. The number of benzene rings is 2. The number of aromatic nitrogens is 1. The molecule has 2 aromatic carbocycles. The molecule has 0 bridgehead atoms. The Hall–Kier alpha value is -3.19. The van der Waals surface area contributed by atoms with Gasteiger partial charge in [-0.05, 0) is 36.4 Å². The second-order valence-corrected chi connectivity index (χ2v) is 6.18. The molecule has 0 fully saturated rings. The molecule has 132 valence electrons. The zero-order valence-electron chi connectivity index (χ0n) is 13.7. The Morgan fingerprint density at radius 3 is 2.62 bits per heavy atom. The van der Waals surface area contributed by atoms with Crippen LogP contribution in [0.1, 0.15) is 5.56 Å². The van der Waals surface area contributed by atoms with Crippen molar-refractivity contribution in [3.63, 3.8) is 0 Å². The number of nitrogens with zero attached hydrogens (tertiary/aromatic N) is 3. The largest absolute Gasteiger partial charge is 0.508 e. The topological polar surface area (TPSA) is 70.1 Å². The molecule has 0 atom stereocenters. The lowest BCUT2D eigenvalue weighted by molar-refractivity contribution is 0.450. The van der Waals surface area contributed by atoms with Crippen molar-refractivity contribution in [2.45, 2.75) is 0 Å². The normalized spacial score (nSPS) is 12.0. The van der Waals surface area contributed by atoms with Gasteiger partial charge in [-0.15, -0.1) is 17.9 Å². The molecule has 2 N–H and O–H groups in total. The van der Waals surface area contributed by atoms with E-state index in [4.69, 9.17) is 0 Å². The lowest BCUT2D eigenvalue weighted by atomic mass is 10.2. The molecule has 0 spiro atoms. The van der Waals surface area contributed by atoms with E-state index in [1.54, 1.807) is 29.0 Å². The van der Waals surface area contributed by atoms with Crippen LogP contribution < -0.4 is 4.80 Å². The minimum atomic E-state index is -0.315. The van der Waals surface area contributed by atoms with E-state index in [0.717, 1.165) is 11.3 Å². The van der Waals surface area contributed by atoms with Gasteiger partial charge in [0.05, 0.1) is 18.5 Å². The fourth-order valence-electron chi connectivity index (χ4n) is 2.24. The molecule has 5 nitrogen and oxygen atoms in total. The summed E-state index contributed by atoms with van der Waals surface area (Å²) in [4.78, 5) is 5.05. The van der Waals surface area contributed by atoms with Crippen LogP contribution in [-0.2, 0) is 0 Å². The average molecular weight is 369 g/mol. The first-order chi connectivity index (χ1) is 12.6. The van der Waals surface area contributed by atoms with Crippen LogP contribution in [0.2, 0.25) is 0 Å². The van der Waals surface area contributed by atoms with Crippen LogP contribution in [0.15, 0.2) is 70.6 Å². The summed E-state index contributed by atoms with van der Waals surface area (Å²) in [6.07, 6.45) is 3.15. The van der Waals surface area contributed by atoms with E-state index < -0.39 is 0 Å². The lowest BCUT2D eigenvalue weighted by Gasteiger charge is -2.04. The van der Waals surface area contributed by atoms with Gasteiger partial charge in [-0.2, -0.15) is 5.10 Å². The second-order valence-electron chi connectivity index (χ2n) is 5.34. The summed E-state index contributed by atoms with van der Waals surface area (Å²) < 4.78 is 14.8. The number of hydrogen-bond donors (Lipinski definition) is 2. The molecule has 7 heteroatoms. The molecule has 0 amide bonds. The quantitative estimate of drug-likeness (QED) is 0.531. The van der Waals surface area contributed by atoms with E-state index >= 15 is 0 Å². The summed E-state index contributed by atoms with van der Waals surface area (Å²) in [5.74, 6) is -0.432. The Morgan fingerprint density at radius 1 is 1.15 bits per heavy atom. The van der Waals surface area contributed by atoms with Crippen molar-refractivity contribution in [1.82, 2.24) is 4.68 Å². The SMILES string of the molecule is C=CCN=c1scc(-c2ccc(F)cc2)n1N=Cc1ccc(O)cc1O. The number of hydrogen-bond acceptors (Lipinski definition) is 5. The molecule has 0 unspecified atom stereocenters. The number of aromatic hydroxyl groups is 2. The summed E-state index contributed by atoms with van der Waals surface area (Å²) >= 11 is 1.40. The van der Waals surface area contributed by atoms with Crippen molar-refractivity contribution in [3.8, 4) is 22.8 Å². The molecule has 0 saturated carbocycles. The third kappa shape index (κ3) is 3.89. The van der Waals surface area contributed by atoms with Gasteiger partial charge in [0.25, 0.3) is 0 Å². The smallest absolute Gasteiger partial charge is 0.206 e. The molecule has 0 radical (unpaired) electrons. The molecule has 1 aromatic heterocycles. The maximum absolute atomic E-state index is 13.2. The number of rotatable bonds is 5. The molecule has 1 heterocycles. The van der Waals surface area contributed by atoms with Gasteiger partial charge in [0.2, 0.25) is 4.80 Å². The van der Waals surface area contributed by atoms with Gasteiger partial charge >= 0.3 is 0 Å². The molecule has 3 aromatic rings. The summed E-state index contributed by atoms with van der Waals surface area (Å²) in [5.41, 5.74) is 1.98. The van der Waals surface area contributed by atoms with E-state index in [1.165, 1.54) is 41.8 Å². The van der Waals surface area contributed by atoms with E-state index in [-0.39, 0.29) is 17.3 Å². The fraction of sp³-hybridized carbons (Fsp3) is 0.0526. The summed E-state index contributed by atoms with van der Waals surface area (Å²) in [6, 6.07) is 10.4. The first-order valence-electron chi connectivity index (χ1n) is 7.72. The van der Waals surface area contributed by atoms with Crippen LogP contribution in [-0.4, -0.2) is 27.6 Å². The van der Waals surface area contributed by atoms with Crippen molar-refractivity contribution in [3.05, 3.63) is 76.7 Å². The first kappa shape index (κ1) is 17.6. The minimum absolute atomic E-state index is 0.0310. The number of phenols is 2. The number of halogens is 1. The molecule has 3 rings (SSSR count). The zero-order chi connectivity index (χ0) is 18.5. The molecule has 26 heavy (non-hydrogen) atoms. The fourth-order valence-corrected chi connectivity index (χ4v) is 3.09. The Labute approximate surface area is 153 Å². The third-order valence-electron chi connectivity index (χ3n) is 3.51. The van der Waals surface area contributed by atoms with Crippen molar-refractivity contribution < 1.29 is 14.6 Å². The van der Waals surface area contributed by atoms with Crippen molar-refractivity contribution in [1.29, 1.82) is 0 Å². The Balaban J connectivity index is 2.08. The zero-order valence-corrected chi connectivity index (χ0v) is 14.5. The number of phenolic OH excluding ortho intramolecular Hbond substituents is 2. The molecule has 0 saturated heterocycles. The van der Waals surface area contributed by atoms with Gasteiger partial charge in [0.1, 0.15) is 17.3 Å². The van der Waals surface area contributed by atoms with Crippen LogP contribution in [0.25, 0.3) is 11.3 Å². The predicted octanol–water partition coefficient (Wildman–Crippen LogP) is 3.74. The predicted molar refractivity (Wildman–Crippen MR) is 101 cm³/mol. The van der Waals surface area contributed by atoms with Crippen molar-refractivity contribution >= 4 is 17.6 Å². The van der Waals surface area contributed by atoms with Gasteiger partial charge in [0.15, 0.2) is 0 Å². The van der Waals surface area contributed by atoms with Gasteiger partial charge < -0.3 is 10.2 Å². The summed E-state index contributed by atoms with van der Waals surface area (Å²) in [5, 5.41) is 25.6. The molecule has 0 aliphatic rings. The van der Waals surface area contributed by atoms with Crippen molar-refractivity contribution in [2.75, 3.05) is 6.54 Å². The van der Waals surface area contributed by atoms with Gasteiger partial charge in [-0.3, -0.25) is 4.99 Å². The molecular weight excluding hydrogens is 353 g/mol. The standard InChI is InChI=1S/C19H16FN3O2S/c1-2-9-21-19-23(22-11-14-5-8-16(24)10-18(14)25)17(12-26-19)13-3-6-15(20)7-4-13/h2-8,10-12,24-25H,1,9H2. The lowest BCUT2D eigenvalue weighted by Crippen LogP contribution is -2.12. The van der Waals surface area contributed by atoms with Gasteiger partial charge in [-0.1, -0.05) is 6.08 Å². The average Bonchev–Trinajstić information content (AvgIpc) is 3.02. The third-order valence-corrected chi connectivity index (χ3v) is 4.36. The van der Waals surface area contributed by atoms with Crippen LogP contribution in [0.3, 0.4) is 0 Å². The molecule has 0 aliphatic heterocycles. The summed E-state index contributed by atoms with van der Waals surface area (Å²) in [6.45, 7) is 4.09. The minimum Gasteiger partial charge on any atom is -0.508 e. The van der Waals surface area contributed by atoms with E-state index in [0.29, 0.717) is 16.9 Å². The van der Waals surface area contributed by atoms with E-state index in [2.05, 4.69) is 16.7 Å². The van der Waals surface area contributed by atoms with Crippen LogP contribution in [0.5, 0.6) is 11.5 Å². The van der Waals surface area contributed by atoms with Gasteiger partial charge in [0, 0.05) is 22.6 Å². The molecule has 0 aliphatic carbocycles. The maximum Gasteiger partial charge on any atom is 0.206 e. The number of thiazole rings is 1. The molecular formula is C19H16FN3O2S. The maximum atomic E-state index is 13.2. The van der Waals surface area contributed by atoms with E-state index in [9.17, 15) is 14.6 Å². The van der Waals surface area contributed by atoms with Crippen molar-refractivity contribution in [2.24, 2.45) is 10.1 Å². The highest BCUT2D eigenvalue weighted by atomic mass is 32.1. The van der Waals surface area contributed by atoms with Crippen LogP contribution in [0, 0.1) is 5.82 Å². The highest BCUT2D eigenvalue weighted by molar-refractivity contribution is 7.07. The van der Waals surface area contributed by atoms with E-state index in [1.807, 2.05) is 5.38 Å². The first-order valence-corrected chi connectivity index (χ1v) is 8.60. The Morgan fingerprint density at radius 2 is 1.92 bits per heavy atom. The summed E-state index contributed by atoms with van der Waals surface area (Å²) in [7, 11) is 0. The Bertz CT molecular complexity index is 1020. The Kier molecular flexibility index (Phi) is 5.28. The van der Waals surface area contributed by atoms with Gasteiger partial charge in [-0.25, -0.2) is 9.07 Å². The van der Waals surface area contributed by atoms with Crippen LogP contribution in [0.4, 0.5) is 4.39 Å². The van der Waals surface area contributed by atoms with Crippen LogP contribution >= 0.6 is 11.3 Å². The highest BCUT2D eigenvalue weighted by Gasteiger charge is 2.08.